The van der Waals surface area contributed by atoms with E-state index in [0.29, 0.717) is 11.3 Å². The minimum atomic E-state index is -0.283. The number of nitrogens with zero attached hydrogens (tertiary/aromatic N) is 4. The Morgan fingerprint density at radius 2 is 1.91 bits per heavy atom. The van der Waals surface area contributed by atoms with Crippen LogP contribution >= 0.6 is 0 Å². The van der Waals surface area contributed by atoms with Crippen LogP contribution in [0.4, 0.5) is 11.4 Å². The lowest BCUT2D eigenvalue weighted by Crippen LogP contribution is -2.29. The first-order chi connectivity index (χ1) is 10.7. The molecule has 6 nitrogen and oxygen atoms in total. The molecule has 0 aromatic heterocycles. The molecule has 0 atom stereocenters. The number of Topliss-reactive ketones (excluding diaryl/α,β-unsaturated/α-hetero) is 1. The quantitative estimate of drug-likeness (QED) is 0.523. The molecule has 1 aromatic carbocycles. The maximum absolute atomic E-state index is 11.8. The average molecular weight is 295 g/mol. The minimum Gasteiger partial charge on any atom is -0.372 e. The lowest BCUT2D eigenvalue weighted by Gasteiger charge is -2.29. The van der Waals surface area contributed by atoms with Crippen molar-refractivity contribution in [1.29, 1.82) is 10.5 Å². The zero-order valence-electron chi connectivity index (χ0n) is 12.5. The largest absolute Gasteiger partial charge is 0.372 e. The molecule has 0 spiro atoms. The van der Waals surface area contributed by atoms with E-state index in [1.807, 2.05) is 12.1 Å². The molecule has 112 valence electrons. The first kappa shape index (κ1) is 15.5. The van der Waals surface area contributed by atoms with Gasteiger partial charge in [-0.05, 0) is 44.4 Å². The molecule has 1 fully saturated rings. The van der Waals surface area contributed by atoms with Crippen molar-refractivity contribution >= 4 is 22.9 Å². The second kappa shape index (κ2) is 7.24. The topological polar surface area (TPSA) is 92.3 Å². The highest BCUT2D eigenvalue weighted by Gasteiger charge is 2.14. The van der Waals surface area contributed by atoms with Gasteiger partial charge in [0.2, 0.25) is 5.71 Å². The number of rotatable bonds is 4. The maximum Gasteiger partial charge on any atom is 0.237 e. The number of anilines is 2. The number of ketones is 1. The molecular formula is C16H17N5O. The predicted octanol–water partition coefficient (Wildman–Crippen LogP) is 2.69. The highest BCUT2D eigenvalue weighted by molar-refractivity contribution is 6.10. The van der Waals surface area contributed by atoms with Crippen molar-refractivity contribution < 1.29 is 4.79 Å². The van der Waals surface area contributed by atoms with E-state index in [9.17, 15) is 4.79 Å². The lowest BCUT2D eigenvalue weighted by atomic mass is 10.1. The van der Waals surface area contributed by atoms with E-state index in [2.05, 4.69) is 15.4 Å². The van der Waals surface area contributed by atoms with Gasteiger partial charge in [0.15, 0.2) is 5.78 Å². The molecule has 1 aliphatic rings. The SMILES string of the molecule is CC(=O)c1cc(N2CCCCC2)ccc1NN=C(C#N)C#N. The highest BCUT2D eigenvalue weighted by Crippen LogP contribution is 2.26. The van der Waals surface area contributed by atoms with E-state index >= 15 is 0 Å². The molecule has 1 aliphatic heterocycles. The van der Waals surface area contributed by atoms with E-state index in [4.69, 9.17) is 10.5 Å². The number of hydrogen-bond acceptors (Lipinski definition) is 6. The van der Waals surface area contributed by atoms with Crippen molar-refractivity contribution in [2.45, 2.75) is 26.2 Å². The summed E-state index contributed by atoms with van der Waals surface area (Å²) in [6, 6.07) is 8.86. The van der Waals surface area contributed by atoms with Crippen molar-refractivity contribution in [3.63, 3.8) is 0 Å². The Morgan fingerprint density at radius 3 is 2.50 bits per heavy atom. The van der Waals surface area contributed by atoms with Gasteiger partial charge in [0.25, 0.3) is 0 Å². The number of carbonyl (C=O) groups excluding carboxylic acids is 1. The summed E-state index contributed by atoms with van der Waals surface area (Å²) in [6.07, 6.45) is 3.57. The molecule has 1 aromatic rings. The summed E-state index contributed by atoms with van der Waals surface area (Å²) >= 11 is 0. The lowest BCUT2D eigenvalue weighted by molar-refractivity contribution is 0.101. The van der Waals surface area contributed by atoms with Gasteiger partial charge in [-0.25, -0.2) is 0 Å². The molecule has 0 saturated carbocycles. The number of benzene rings is 1. The van der Waals surface area contributed by atoms with E-state index in [1.54, 1.807) is 18.2 Å². The fourth-order valence-corrected chi connectivity index (χ4v) is 2.46. The summed E-state index contributed by atoms with van der Waals surface area (Å²) < 4.78 is 0. The maximum atomic E-state index is 11.8. The average Bonchev–Trinajstić information content (AvgIpc) is 2.56. The van der Waals surface area contributed by atoms with E-state index < -0.39 is 0 Å². The normalized spacial score (nSPS) is 13.7. The van der Waals surface area contributed by atoms with Crippen LogP contribution in [0.25, 0.3) is 0 Å². The summed E-state index contributed by atoms with van der Waals surface area (Å²) in [4.78, 5) is 14.1. The van der Waals surface area contributed by atoms with E-state index in [-0.39, 0.29) is 11.5 Å². The summed E-state index contributed by atoms with van der Waals surface area (Å²) in [5, 5.41) is 21.1. The molecule has 22 heavy (non-hydrogen) atoms. The third-order valence-corrected chi connectivity index (χ3v) is 3.60. The van der Waals surface area contributed by atoms with Crippen LogP contribution in [0.5, 0.6) is 0 Å². The van der Waals surface area contributed by atoms with Crippen LogP contribution in [0.1, 0.15) is 36.5 Å². The van der Waals surface area contributed by atoms with Crippen LogP contribution in [-0.4, -0.2) is 24.6 Å². The van der Waals surface area contributed by atoms with Gasteiger partial charge >= 0.3 is 0 Å². The molecule has 1 heterocycles. The van der Waals surface area contributed by atoms with Gasteiger partial charge in [0.05, 0.1) is 5.69 Å². The van der Waals surface area contributed by atoms with Gasteiger partial charge in [-0.1, -0.05) is 0 Å². The van der Waals surface area contributed by atoms with Gasteiger partial charge < -0.3 is 4.90 Å². The Labute approximate surface area is 129 Å². The van der Waals surface area contributed by atoms with Crippen LogP contribution in [0.3, 0.4) is 0 Å². The molecule has 2 rings (SSSR count). The van der Waals surface area contributed by atoms with Gasteiger partial charge in [-0.15, -0.1) is 0 Å². The van der Waals surface area contributed by atoms with E-state index in [1.165, 1.54) is 13.3 Å². The Balaban J connectivity index is 2.28. The third-order valence-electron chi connectivity index (χ3n) is 3.60. The molecular weight excluding hydrogens is 278 g/mol. The minimum absolute atomic E-state index is 0.0907. The van der Waals surface area contributed by atoms with Crippen LogP contribution in [0.2, 0.25) is 0 Å². The standard InChI is InChI=1S/C16H17N5O/c1-12(22)15-9-14(21-7-3-2-4-8-21)5-6-16(15)20-19-13(10-17)11-18/h5-6,9,20H,2-4,7-8H2,1H3. The second-order valence-electron chi connectivity index (χ2n) is 5.13. The second-order valence-corrected chi connectivity index (χ2v) is 5.13. The Hall–Kier alpha value is -2.86. The highest BCUT2D eigenvalue weighted by atomic mass is 16.1. The zero-order chi connectivity index (χ0) is 15.9. The summed E-state index contributed by atoms with van der Waals surface area (Å²) in [5.74, 6) is -0.0907. The number of hydrogen-bond donors (Lipinski definition) is 1. The Morgan fingerprint density at radius 1 is 1.23 bits per heavy atom. The number of piperidine rings is 1. The van der Waals surface area contributed by atoms with Gasteiger partial charge in [-0.3, -0.25) is 10.2 Å². The number of carbonyl (C=O) groups is 1. The third kappa shape index (κ3) is 3.62. The Bertz CT molecular complexity index is 659. The van der Waals surface area contributed by atoms with Crippen molar-refractivity contribution in [2.24, 2.45) is 5.10 Å². The van der Waals surface area contributed by atoms with Crippen molar-refractivity contribution in [1.82, 2.24) is 0 Å². The van der Waals surface area contributed by atoms with Gasteiger partial charge in [0, 0.05) is 24.3 Å². The molecule has 1 saturated heterocycles. The molecule has 6 heteroatoms. The first-order valence-corrected chi connectivity index (χ1v) is 7.19. The fourth-order valence-electron chi connectivity index (χ4n) is 2.46. The number of nitriles is 2. The van der Waals surface area contributed by atoms with Gasteiger partial charge in [-0.2, -0.15) is 15.6 Å². The van der Waals surface area contributed by atoms with Crippen molar-refractivity contribution in [3.05, 3.63) is 23.8 Å². The summed E-state index contributed by atoms with van der Waals surface area (Å²) in [7, 11) is 0. The Kier molecular flexibility index (Phi) is 5.11. The van der Waals surface area contributed by atoms with Gasteiger partial charge in [0.1, 0.15) is 12.1 Å². The number of nitrogens with one attached hydrogen (secondary N) is 1. The first-order valence-electron chi connectivity index (χ1n) is 7.19. The summed E-state index contributed by atoms with van der Waals surface area (Å²) in [5.41, 5.74) is 4.36. The van der Waals surface area contributed by atoms with Crippen LogP contribution in [-0.2, 0) is 0 Å². The van der Waals surface area contributed by atoms with Crippen LogP contribution in [0.15, 0.2) is 23.3 Å². The van der Waals surface area contributed by atoms with Crippen molar-refractivity contribution in [3.8, 4) is 12.1 Å². The van der Waals surface area contributed by atoms with Crippen molar-refractivity contribution in [2.75, 3.05) is 23.4 Å². The monoisotopic (exact) mass is 295 g/mol. The molecule has 1 N–H and O–H groups in total. The van der Waals surface area contributed by atoms with Crippen LogP contribution in [0, 0.1) is 22.7 Å². The molecule has 0 radical (unpaired) electrons. The molecule has 0 aliphatic carbocycles. The number of hydrazone groups is 1. The fraction of sp³-hybridized carbons (Fsp3) is 0.375. The van der Waals surface area contributed by atoms with E-state index in [0.717, 1.165) is 31.6 Å². The molecule has 0 unspecified atom stereocenters. The molecule has 0 bridgehead atoms. The van der Waals surface area contributed by atoms with Crippen LogP contribution < -0.4 is 10.3 Å². The zero-order valence-corrected chi connectivity index (χ0v) is 12.5. The predicted molar refractivity (Wildman–Crippen MR) is 84.8 cm³/mol. The molecule has 0 amide bonds. The summed E-state index contributed by atoms with van der Waals surface area (Å²) in [6.45, 7) is 3.48. The smallest absolute Gasteiger partial charge is 0.237 e.